The van der Waals surface area contributed by atoms with E-state index in [0.717, 1.165) is 6.07 Å². The van der Waals surface area contributed by atoms with Gasteiger partial charge in [0.15, 0.2) is 15.6 Å². The minimum Gasteiger partial charge on any atom is -0.478 e. The molecular weight excluding hydrogens is 352 g/mol. The number of carbonyl (C=O) groups is 3. The summed E-state index contributed by atoms with van der Waals surface area (Å²) in [4.78, 5) is 37.0. The number of hydrogen-bond donors (Lipinski definition) is 2. The third-order valence-electron chi connectivity index (χ3n) is 3.96. The van der Waals surface area contributed by atoms with Crippen LogP contribution < -0.4 is 5.32 Å². The summed E-state index contributed by atoms with van der Waals surface area (Å²) in [6.07, 6.45) is 0.311. The zero-order valence-electron chi connectivity index (χ0n) is 13.9. The maximum absolute atomic E-state index is 12.3. The number of aryl methyl sites for hydroxylation is 1. The second-order valence-electron chi connectivity index (χ2n) is 5.78. The third kappa shape index (κ3) is 4.38. The van der Waals surface area contributed by atoms with Crippen LogP contribution in [0.1, 0.15) is 40.5 Å². The number of carboxylic acid groups (broad SMARTS) is 1. The average Bonchev–Trinajstić information content (AvgIpc) is 2.99. The van der Waals surface area contributed by atoms with Crippen LogP contribution in [0.25, 0.3) is 0 Å². The molecule has 2 rings (SSSR count). The van der Waals surface area contributed by atoms with Crippen molar-refractivity contribution in [3.05, 3.63) is 23.2 Å². The number of hydrogen-bond acceptors (Lipinski definition) is 6. The van der Waals surface area contributed by atoms with E-state index in [9.17, 15) is 22.8 Å². The maximum atomic E-state index is 12.3. The first kappa shape index (κ1) is 19.0. The molecule has 2 N–H and O–H groups in total. The van der Waals surface area contributed by atoms with E-state index in [-0.39, 0.29) is 41.7 Å². The first-order valence-electron chi connectivity index (χ1n) is 7.80. The Bertz CT molecular complexity index is 783. The standard InChI is InChI=1S/C15H20N2O7S/c1-3-11-10(15(20)21)8-12(24-11)13(18)16-9(2)14(19)17-4-6-25(22,23)7-5-17/h8-9H,3-7H2,1-2H3,(H,16,18)(H,20,21). The molecule has 138 valence electrons. The number of amides is 2. The molecule has 0 aliphatic carbocycles. The van der Waals surface area contributed by atoms with Crippen LogP contribution in [0.5, 0.6) is 0 Å². The highest BCUT2D eigenvalue weighted by Crippen LogP contribution is 2.17. The van der Waals surface area contributed by atoms with Crippen LogP contribution in [-0.4, -0.2) is 66.8 Å². The molecule has 0 bridgehead atoms. The van der Waals surface area contributed by atoms with E-state index in [2.05, 4.69) is 5.32 Å². The number of carbonyl (C=O) groups excluding carboxylic acids is 2. The van der Waals surface area contributed by atoms with Crippen LogP contribution in [0.4, 0.5) is 0 Å². The van der Waals surface area contributed by atoms with Crippen molar-refractivity contribution in [1.82, 2.24) is 10.2 Å². The molecule has 1 saturated heterocycles. The largest absolute Gasteiger partial charge is 0.478 e. The summed E-state index contributed by atoms with van der Waals surface area (Å²) in [5.41, 5.74) is -0.0899. The van der Waals surface area contributed by atoms with Crippen LogP contribution in [0.3, 0.4) is 0 Å². The first-order valence-corrected chi connectivity index (χ1v) is 9.63. The van der Waals surface area contributed by atoms with E-state index in [0.29, 0.717) is 6.42 Å². The van der Waals surface area contributed by atoms with Crippen molar-refractivity contribution in [3.8, 4) is 0 Å². The van der Waals surface area contributed by atoms with Crippen LogP contribution in [0.2, 0.25) is 0 Å². The van der Waals surface area contributed by atoms with E-state index in [1.165, 1.54) is 11.8 Å². The Balaban J connectivity index is 2.02. The molecule has 0 radical (unpaired) electrons. The van der Waals surface area contributed by atoms with E-state index < -0.39 is 33.7 Å². The molecule has 0 spiro atoms. The van der Waals surface area contributed by atoms with Gasteiger partial charge in [0.25, 0.3) is 5.91 Å². The zero-order chi connectivity index (χ0) is 18.8. The smallest absolute Gasteiger partial charge is 0.339 e. The molecule has 1 fully saturated rings. The van der Waals surface area contributed by atoms with Gasteiger partial charge in [-0.05, 0) is 6.92 Å². The predicted molar refractivity (Wildman–Crippen MR) is 87.2 cm³/mol. The Morgan fingerprint density at radius 1 is 1.32 bits per heavy atom. The highest BCUT2D eigenvalue weighted by atomic mass is 32.2. The number of carboxylic acids is 1. The molecule has 1 aliphatic heterocycles. The number of nitrogens with zero attached hydrogens (tertiary/aromatic N) is 1. The molecule has 1 aromatic rings. The maximum Gasteiger partial charge on any atom is 0.339 e. The summed E-state index contributed by atoms with van der Waals surface area (Å²) in [5, 5.41) is 11.5. The van der Waals surface area contributed by atoms with E-state index in [4.69, 9.17) is 9.52 Å². The summed E-state index contributed by atoms with van der Waals surface area (Å²) in [6.45, 7) is 3.35. The van der Waals surface area contributed by atoms with Crippen LogP contribution in [0.15, 0.2) is 10.5 Å². The van der Waals surface area contributed by atoms with Gasteiger partial charge in [-0.2, -0.15) is 0 Å². The Morgan fingerprint density at radius 2 is 1.92 bits per heavy atom. The van der Waals surface area contributed by atoms with Gasteiger partial charge in [0, 0.05) is 25.6 Å². The second-order valence-corrected chi connectivity index (χ2v) is 8.08. The van der Waals surface area contributed by atoms with Crippen molar-refractivity contribution in [2.45, 2.75) is 26.3 Å². The van der Waals surface area contributed by atoms with Crippen molar-refractivity contribution in [2.75, 3.05) is 24.6 Å². The van der Waals surface area contributed by atoms with Gasteiger partial charge in [-0.25, -0.2) is 13.2 Å². The Hall–Kier alpha value is -2.36. The Kier molecular flexibility index (Phi) is 5.51. The van der Waals surface area contributed by atoms with Gasteiger partial charge in [0.2, 0.25) is 5.91 Å². The summed E-state index contributed by atoms with van der Waals surface area (Å²) < 4.78 is 28.0. The lowest BCUT2D eigenvalue weighted by molar-refractivity contribution is -0.132. The Morgan fingerprint density at radius 3 is 2.40 bits per heavy atom. The predicted octanol–water partition coefficient (Wildman–Crippen LogP) is -0.0845. The van der Waals surface area contributed by atoms with Gasteiger partial charge < -0.3 is 19.7 Å². The number of furan rings is 1. The van der Waals surface area contributed by atoms with Crippen molar-refractivity contribution in [2.24, 2.45) is 0 Å². The summed E-state index contributed by atoms with van der Waals surface area (Å²) in [5.74, 6) is -2.50. The van der Waals surface area contributed by atoms with Crippen LogP contribution >= 0.6 is 0 Å². The second kappa shape index (κ2) is 7.26. The SMILES string of the molecule is CCc1oc(C(=O)NC(C)C(=O)N2CCS(=O)(=O)CC2)cc1C(=O)O. The van der Waals surface area contributed by atoms with E-state index >= 15 is 0 Å². The molecule has 0 saturated carbocycles. The molecule has 2 amide bonds. The van der Waals surface area contributed by atoms with Gasteiger partial charge in [0.05, 0.1) is 11.5 Å². The van der Waals surface area contributed by atoms with Crippen molar-refractivity contribution < 1.29 is 32.3 Å². The monoisotopic (exact) mass is 372 g/mol. The van der Waals surface area contributed by atoms with Gasteiger partial charge in [-0.15, -0.1) is 0 Å². The minimum absolute atomic E-state index is 0.0886. The molecule has 1 aliphatic rings. The molecule has 1 atom stereocenters. The fraction of sp³-hybridized carbons (Fsp3) is 0.533. The molecule has 2 heterocycles. The fourth-order valence-electron chi connectivity index (χ4n) is 2.52. The van der Waals surface area contributed by atoms with Crippen LogP contribution in [0, 0.1) is 0 Å². The fourth-order valence-corrected chi connectivity index (χ4v) is 3.72. The van der Waals surface area contributed by atoms with Crippen molar-refractivity contribution in [1.29, 1.82) is 0 Å². The molecule has 10 heteroatoms. The molecule has 25 heavy (non-hydrogen) atoms. The van der Waals surface area contributed by atoms with Gasteiger partial charge >= 0.3 is 5.97 Å². The Labute approximate surface area is 144 Å². The number of rotatable bonds is 5. The number of sulfone groups is 1. The highest BCUT2D eigenvalue weighted by molar-refractivity contribution is 7.91. The molecule has 9 nitrogen and oxygen atoms in total. The molecule has 0 aromatic carbocycles. The van der Waals surface area contributed by atoms with Crippen molar-refractivity contribution in [3.63, 3.8) is 0 Å². The van der Waals surface area contributed by atoms with Gasteiger partial charge in [-0.3, -0.25) is 9.59 Å². The highest BCUT2D eigenvalue weighted by Gasteiger charge is 2.29. The molecule has 1 aromatic heterocycles. The number of nitrogens with one attached hydrogen (secondary N) is 1. The van der Waals surface area contributed by atoms with Gasteiger partial charge in [0.1, 0.15) is 17.4 Å². The van der Waals surface area contributed by atoms with Gasteiger partial charge in [-0.1, -0.05) is 6.92 Å². The lowest BCUT2D eigenvalue weighted by Crippen LogP contribution is -2.51. The summed E-state index contributed by atoms with van der Waals surface area (Å²) in [7, 11) is -3.11. The molecular formula is C15H20N2O7S. The lowest BCUT2D eigenvalue weighted by atomic mass is 10.2. The average molecular weight is 372 g/mol. The third-order valence-corrected chi connectivity index (χ3v) is 5.57. The quantitative estimate of drug-likeness (QED) is 0.738. The van der Waals surface area contributed by atoms with E-state index in [1.54, 1.807) is 6.92 Å². The van der Waals surface area contributed by atoms with E-state index in [1.807, 2.05) is 0 Å². The summed E-state index contributed by atoms with van der Waals surface area (Å²) in [6, 6.07) is 0.234. The summed E-state index contributed by atoms with van der Waals surface area (Å²) >= 11 is 0. The minimum atomic E-state index is -3.11. The van der Waals surface area contributed by atoms with Crippen LogP contribution in [-0.2, 0) is 21.1 Å². The number of aromatic carboxylic acids is 1. The zero-order valence-corrected chi connectivity index (χ0v) is 14.8. The first-order chi connectivity index (χ1) is 11.6. The normalized spacial score (nSPS) is 17.8. The topological polar surface area (TPSA) is 134 Å². The van der Waals surface area contributed by atoms with Crippen molar-refractivity contribution >= 4 is 27.6 Å². The molecule has 1 unspecified atom stereocenters. The lowest BCUT2D eigenvalue weighted by Gasteiger charge is -2.29.